The Hall–Kier alpha value is -0.990. The van der Waals surface area contributed by atoms with Crippen LogP contribution in [-0.4, -0.2) is 14.9 Å². The summed E-state index contributed by atoms with van der Waals surface area (Å²) < 4.78 is 1.92. The molecule has 0 radical (unpaired) electrons. The second-order valence-corrected chi connectivity index (χ2v) is 4.26. The van der Waals surface area contributed by atoms with Gasteiger partial charge in [-0.2, -0.15) is 5.10 Å². The second kappa shape index (κ2) is 4.03. The number of nitrogens with zero attached hydrogens (tertiary/aromatic N) is 2. The zero-order valence-corrected chi connectivity index (χ0v) is 8.69. The van der Waals surface area contributed by atoms with Crippen LogP contribution in [0.2, 0.25) is 0 Å². The van der Waals surface area contributed by atoms with Crippen molar-refractivity contribution in [2.24, 2.45) is 5.92 Å². The van der Waals surface area contributed by atoms with E-state index in [1.54, 1.807) is 6.20 Å². The molecule has 0 unspecified atom stereocenters. The fourth-order valence-electron chi connectivity index (χ4n) is 2.35. The van der Waals surface area contributed by atoms with Crippen molar-refractivity contribution in [2.75, 3.05) is 0 Å². The molecular formula is C11H18N2O. The summed E-state index contributed by atoms with van der Waals surface area (Å²) >= 11 is 0. The van der Waals surface area contributed by atoms with Crippen molar-refractivity contribution in [2.45, 2.75) is 45.1 Å². The molecule has 1 aliphatic carbocycles. The van der Waals surface area contributed by atoms with E-state index >= 15 is 0 Å². The molecule has 3 nitrogen and oxygen atoms in total. The van der Waals surface area contributed by atoms with Gasteiger partial charge in [0.2, 0.25) is 0 Å². The first-order chi connectivity index (χ1) is 6.79. The third-order valence-electron chi connectivity index (χ3n) is 3.36. The van der Waals surface area contributed by atoms with Crippen LogP contribution in [0.15, 0.2) is 12.4 Å². The lowest BCUT2D eigenvalue weighted by Crippen LogP contribution is -2.18. The summed E-state index contributed by atoms with van der Waals surface area (Å²) in [6.45, 7) is 2.27. The Balaban J connectivity index is 1.95. The molecule has 14 heavy (non-hydrogen) atoms. The quantitative estimate of drug-likeness (QED) is 0.786. The maximum absolute atomic E-state index is 9.20. The van der Waals surface area contributed by atoms with E-state index in [2.05, 4.69) is 12.0 Å². The molecule has 1 heterocycles. The standard InChI is InChI=1S/C11H18N2O/c1-2-9-3-5-10(6-4-9)13-8-11(14)7-12-13/h7-10,14H,2-6H2,1H3. The summed E-state index contributed by atoms with van der Waals surface area (Å²) in [5.41, 5.74) is 0. The lowest BCUT2D eigenvalue weighted by molar-refractivity contribution is 0.256. The van der Waals surface area contributed by atoms with Crippen LogP contribution in [0.1, 0.15) is 45.1 Å². The summed E-state index contributed by atoms with van der Waals surface area (Å²) in [6.07, 6.45) is 9.59. The van der Waals surface area contributed by atoms with Crippen LogP contribution in [0.3, 0.4) is 0 Å². The van der Waals surface area contributed by atoms with Gasteiger partial charge in [0.25, 0.3) is 0 Å². The van der Waals surface area contributed by atoms with E-state index < -0.39 is 0 Å². The summed E-state index contributed by atoms with van der Waals surface area (Å²) in [7, 11) is 0. The van der Waals surface area contributed by atoms with Crippen molar-refractivity contribution in [3.05, 3.63) is 12.4 Å². The molecule has 1 aliphatic rings. The fourth-order valence-corrected chi connectivity index (χ4v) is 2.35. The zero-order valence-electron chi connectivity index (χ0n) is 8.69. The monoisotopic (exact) mass is 194 g/mol. The number of aromatic nitrogens is 2. The Kier molecular flexibility index (Phi) is 2.75. The number of hydrogen-bond donors (Lipinski definition) is 1. The van der Waals surface area contributed by atoms with Gasteiger partial charge in [-0.3, -0.25) is 4.68 Å². The average Bonchev–Trinajstić information content (AvgIpc) is 2.65. The highest BCUT2D eigenvalue weighted by molar-refractivity contribution is 5.09. The van der Waals surface area contributed by atoms with E-state index in [0.717, 1.165) is 5.92 Å². The highest BCUT2D eigenvalue weighted by Gasteiger charge is 2.21. The molecular weight excluding hydrogens is 176 g/mol. The van der Waals surface area contributed by atoms with Crippen LogP contribution in [0.4, 0.5) is 0 Å². The smallest absolute Gasteiger partial charge is 0.153 e. The van der Waals surface area contributed by atoms with Crippen LogP contribution in [0, 0.1) is 5.92 Å². The minimum atomic E-state index is 0.280. The first-order valence-corrected chi connectivity index (χ1v) is 5.52. The lowest BCUT2D eigenvalue weighted by Gasteiger charge is -2.27. The van der Waals surface area contributed by atoms with E-state index in [1.807, 2.05) is 4.68 Å². The normalized spacial score (nSPS) is 27.8. The van der Waals surface area contributed by atoms with Gasteiger partial charge < -0.3 is 5.11 Å². The van der Waals surface area contributed by atoms with Gasteiger partial charge in [-0.05, 0) is 31.6 Å². The Bertz CT molecular complexity index is 287. The van der Waals surface area contributed by atoms with E-state index in [0.29, 0.717) is 6.04 Å². The van der Waals surface area contributed by atoms with Crippen molar-refractivity contribution in [3.63, 3.8) is 0 Å². The molecule has 0 saturated heterocycles. The van der Waals surface area contributed by atoms with Crippen LogP contribution in [-0.2, 0) is 0 Å². The van der Waals surface area contributed by atoms with Crippen molar-refractivity contribution in [1.29, 1.82) is 0 Å². The molecule has 0 spiro atoms. The highest BCUT2D eigenvalue weighted by atomic mass is 16.3. The Labute approximate surface area is 84.7 Å². The minimum Gasteiger partial charge on any atom is -0.505 e. The third kappa shape index (κ3) is 1.91. The van der Waals surface area contributed by atoms with Crippen LogP contribution < -0.4 is 0 Å². The second-order valence-electron chi connectivity index (χ2n) is 4.26. The summed E-state index contributed by atoms with van der Waals surface area (Å²) in [5, 5.41) is 13.4. The van der Waals surface area contributed by atoms with Crippen LogP contribution in [0.5, 0.6) is 5.75 Å². The fraction of sp³-hybridized carbons (Fsp3) is 0.727. The van der Waals surface area contributed by atoms with Gasteiger partial charge in [0.05, 0.1) is 18.4 Å². The predicted octanol–water partition coefficient (Wildman–Crippen LogP) is 2.73. The van der Waals surface area contributed by atoms with Crippen molar-refractivity contribution in [3.8, 4) is 5.75 Å². The first-order valence-electron chi connectivity index (χ1n) is 5.52. The Morgan fingerprint density at radius 3 is 2.64 bits per heavy atom. The predicted molar refractivity (Wildman–Crippen MR) is 55.2 cm³/mol. The van der Waals surface area contributed by atoms with E-state index in [1.165, 1.54) is 38.3 Å². The molecule has 0 amide bonds. The van der Waals surface area contributed by atoms with Gasteiger partial charge in [0, 0.05) is 0 Å². The maximum Gasteiger partial charge on any atom is 0.153 e. The number of aromatic hydroxyl groups is 1. The van der Waals surface area contributed by atoms with E-state index in [-0.39, 0.29) is 5.75 Å². The third-order valence-corrected chi connectivity index (χ3v) is 3.36. The highest BCUT2D eigenvalue weighted by Crippen LogP contribution is 2.33. The molecule has 0 aliphatic heterocycles. The van der Waals surface area contributed by atoms with Crippen LogP contribution >= 0.6 is 0 Å². The first kappa shape index (κ1) is 9.56. The molecule has 1 saturated carbocycles. The summed E-state index contributed by atoms with van der Waals surface area (Å²) in [6, 6.07) is 0.513. The lowest BCUT2D eigenvalue weighted by atomic mass is 9.85. The van der Waals surface area contributed by atoms with Crippen molar-refractivity contribution < 1.29 is 5.11 Å². The van der Waals surface area contributed by atoms with Gasteiger partial charge >= 0.3 is 0 Å². The van der Waals surface area contributed by atoms with Gasteiger partial charge in [-0.1, -0.05) is 13.3 Å². The van der Waals surface area contributed by atoms with Crippen molar-refractivity contribution in [1.82, 2.24) is 9.78 Å². The molecule has 0 aromatic carbocycles. The Morgan fingerprint density at radius 2 is 2.14 bits per heavy atom. The topological polar surface area (TPSA) is 38.0 Å². The van der Waals surface area contributed by atoms with Gasteiger partial charge in [0.1, 0.15) is 0 Å². The summed E-state index contributed by atoms with van der Waals surface area (Å²) in [5.74, 6) is 1.19. The molecule has 0 atom stereocenters. The SMILES string of the molecule is CCC1CCC(n2cc(O)cn2)CC1. The average molecular weight is 194 g/mol. The molecule has 1 aromatic heterocycles. The largest absolute Gasteiger partial charge is 0.505 e. The molecule has 1 fully saturated rings. The molecule has 0 bridgehead atoms. The molecule has 2 rings (SSSR count). The summed E-state index contributed by atoms with van der Waals surface area (Å²) in [4.78, 5) is 0. The van der Waals surface area contributed by atoms with Crippen LogP contribution in [0.25, 0.3) is 0 Å². The zero-order chi connectivity index (χ0) is 9.97. The number of rotatable bonds is 2. The molecule has 1 aromatic rings. The minimum absolute atomic E-state index is 0.280. The van der Waals surface area contributed by atoms with Crippen molar-refractivity contribution >= 4 is 0 Å². The van der Waals surface area contributed by atoms with Gasteiger partial charge in [0.15, 0.2) is 5.75 Å². The Morgan fingerprint density at radius 1 is 1.43 bits per heavy atom. The van der Waals surface area contributed by atoms with E-state index in [9.17, 15) is 5.11 Å². The van der Waals surface area contributed by atoms with Gasteiger partial charge in [-0.25, -0.2) is 0 Å². The maximum atomic E-state index is 9.20. The number of hydrogen-bond acceptors (Lipinski definition) is 2. The molecule has 1 N–H and O–H groups in total. The molecule has 78 valence electrons. The van der Waals surface area contributed by atoms with Gasteiger partial charge in [-0.15, -0.1) is 0 Å². The molecule has 3 heteroatoms. The van der Waals surface area contributed by atoms with E-state index in [4.69, 9.17) is 0 Å².